The lowest BCUT2D eigenvalue weighted by Gasteiger charge is -2.49. The fourth-order valence-electron chi connectivity index (χ4n) is 7.77. The van der Waals surface area contributed by atoms with Crippen LogP contribution in [0.3, 0.4) is 0 Å². The molecule has 1 aliphatic carbocycles. The summed E-state index contributed by atoms with van der Waals surface area (Å²) in [5.41, 5.74) is 0.568. The number of ether oxygens (including phenoxy) is 13. The highest BCUT2D eigenvalue weighted by Crippen LogP contribution is 2.56. The highest BCUT2D eigenvalue weighted by atomic mass is 35.6. The number of benzene rings is 2. The van der Waals surface area contributed by atoms with Crippen molar-refractivity contribution in [2.45, 2.75) is 67.3 Å². The molecule has 0 amide bonds. The topological polar surface area (TPSA) is 222 Å². The monoisotopic (exact) mass is 1120 g/mol. The van der Waals surface area contributed by atoms with Gasteiger partial charge in [-0.1, -0.05) is 104 Å². The van der Waals surface area contributed by atoms with Crippen LogP contribution in [-0.2, 0) is 52.2 Å². The lowest BCUT2D eigenvalue weighted by atomic mass is 9.65. The van der Waals surface area contributed by atoms with Crippen LogP contribution in [0, 0.1) is 11.8 Å². The van der Waals surface area contributed by atoms with Gasteiger partial charge in [0.1, 0.15) is 32.0 Å². The van der Waals surface area contributed by atoms with E-state index in [1.165, 1.54) is 45.4 Å². The van der Waals surface area contributed by atoms with E-state index in [-0.39, 0.29) is 52.7 Å². The molecule has 368 valence electrons. The van der Waals surface area contributed by atoms with E-state index in [1.807, 2.05) is 0 Å². The maximum Gasteiger partial charge on any atom is 0.514 e. The molecule has 3 heterocycles. The first kappa shape index (κ1) is 53.5. The molecule has 0 N–H and O–H groups in total. The molecule has 0 radical (unpaired) electrons. The minimum Gasteiger partial charge on any atom is -0.493 e. The van der Waals surface area contributed by atoms with Crippen molar-refractivity contribution in [3.05, 3.63) is 52.1 Å². The van der Waals surface area contributed by atoms with Gasteiger partial charge in [-0.05, 0) is 47.9 Å². The lowest BCUT2D eigenvalue weighted by Crippen LogP contribution is -2.65. The van der Waals surface area contributed by atoms with Crippen LogP contribution in [0.5, 0.6) is 17.2 Å². The second kappa shape index (κ2) is 22.0. The van der Waals surface area contributed by atoms with Gasteiger partial charge in [0.25, 0.3) is 0 Å². The van der Waals surface area contributed by atoms with Crippen molar-refractivity contribution < 1.29 is 90.3 Å². The number of alkyl halides is 9. The van der Waals surface area contributed by atoms with Gasteiger partial charge in [-0.25, -0.2) is 14.4 Å². The number of carbonyl (C=O) groups is 6. The standard InChI is InChI=1S/C39H35Cl9O19/c1-15-57-11-24-29(62-15)30(66-35(53)60-13-38(43,44)45)31(67-36(54)61-14-39(46,47)48)33(63-24)64-27-20-5-18(9-50)17(8-49)4-19(20)25(26-21(27)10-58-32(26)51)16-6-22(55-2)28(23(7-16)56-3)65-34(52)59-12-37(40,41)42/h4-9,15,21,24-27,29-31,33H,10-14H2,1-3H3/t15?,21-,24+,25+,26+,27+,29+,30-,31+,33-/m0/s1. The maximum absolute atomic E-state index is 14.0. The summed E-state index contributed by atoms with van der Waals surface area (Å²) in [6.07, 6.45) is -13.2. The minimum absolute atomic E-state index is 0.0833. The van der Waals surface area contributed by atoms with E-state index in [4.69, 9.17) is 166 Å². The largest absolute Gasteiger partial charge is 0.514 e. The van der Waals surface area contributed by atoms with Crippen LogP contribution in [0.2, 0.25) is 0 Å². The Morgan fingerprint density at radius 1 is 0.716 bits per heavy atom. The molecule has 2 aromatic rings. The summed E-state index contributed by atoms with van der Waals surface area (Å²) < 4.78 is 67.1. The first-order valence-corrected chi connectivity index (χ1v) is 22.6. The van der Waals surface area contributed by atoms with Crippen LogP contribution in [0.25, 0.3) is 0 Å². The molecule has 67 heavy (non-hydrogen) atoms. The zero-order valence-corrected chi connectivity index (χ0v) is 41.2. The van der Waals surface area contributed by atoms with Crippen LogP contribution in [0.4, 0.5) is 14.4 Å². The predicted molar refractivity (Wildman–Crippen MR) is 235 cm³/mol. The molecule has 3 fully saturated rings. The average molecular weight is 1130 g/mol. The van der Waals surface area contributed by atoms with Crippen LogP contribution < -0.4 is 14.2 Å². The summed E-state index contributed by atoms with van der Waals surface area (Å²) in [5.74, 6) is -4.36. The Balaban J connectivity index is 1.46. The van der Waals surface area contributed by atoms with Gasteiger partial charge in [0, 0.05) is 23.0 Å². The molecule has 10 atom stereocenters. The highest BCUT2D eigenvalue weighted by Gasteiger charge is 2.58. The third-order valence-electron chi connectivity index (χ3n) is 10.4. The molecule has 2 aromatic carbocycles. The van der Waals surface area contributed by atoms with Crippen LogP contribution in [0.15, 0.2) is 24.3 Å². The third kappa shape index (κ3) is 13.3. The molecule has 0 spiro atoms. The molecule has 1 unspecified atom stereocenters. The molecule has 6 rings (SSSR count). The van der Waals surface area contributed by atoms with Gasteiger partial charge in [-0.3, -0.25) is 14.4 Å². The van der Waals surface area contributed by atoms with E-state index < -0.39 is 116 Å². The fourth-order valence-corrected chi connectivity index (χ4v) is 8.26. The Hall–Kier alpha value is -2.89. The Bertz CT molecular complexity index is 2170. The number of hydrogen-bond acceptors (Lipinski definition) is 19. The van der Waals surface area contributed by atoms with E-state index in [0.29, 0.717) is 18.1 Å². The second-order valence-corrected chi connectivity index (χ2v) is 22.3. The summed E-state index contributed by atoms with van der Waals surface area (Å²) in [6.45, 7) is -1.22. The number of fused-ring (bicyclic) bond motifs is 3. The normalized spacial score (nSPS) is 26.9. The molecule has 28 heteroatoms. The molecular weight excluding hydrogens is 1090 g/mol. The smallest absolute Gasteiger partial charge is 0.493 e. The van der Waals surface area contributed by atoms with E-state index in [2.05, 4.69) is 0 Å². The van der Waals surface area contributed by atoms with Gasteiger partial charge in [-0.2, -0.15) is 0 Å². The summed E-state index contributed by atoms with van der Waals surface area (Å²) in [4.78, 5) is 78.2. The van der Waals surface area contributed by atoms with E-state index in [0.717, 1.165) is 0 Å². The van der Waals surface area contributed by atoms with Crippen molar-refractivity contribution in [1.29, 1.82) is 0 Å². The first-order valence-electron chi connectivity index (χ1n) is 19.2. The Labute approximate surface area is 424 Å². The van der Waals surface area contributed by atoms with Gasteiger partial charge >= 0.3 is 24.4 Å². The van der Waals surface area contributed by atoms with Gasteiger partial charge < -0.3 is 61.6 Å². The van der Waals surface area contributed by atoms with Gasteiger partial charge in [0.15, 0.2) is 48.9 Å². The molecule has 4 aliphatic rings. The van der Waals surface area contributed by atoms with Crippen LogP contribution in [-0.4, -0.2) is 133 Å². The molecule has 0 saturated carbocycles. The van der Waals surface area contributed by atoms with Crippen LogP contribution in [0.1, 0.15) is 56.4 Å². The lowest BCUT2D eigenvalue weighted by molar-refractivity contribution is -0.364. The number of hydrogen-bond donors (Lipinski definition) is 0. The van der Waals surface area contributed by atoms with Gasteiger partial charge in [-0.15, -0.1) is 0 Å². The quantitative estimate of drug-likeness (QED) is 0.0603. The Kier molecular flexibility index (Phi) is 17.6. The molecule has 0 bridgehead atoms. The van der Waals surface area contributed by atoms with Crippen molar-refractivity contribution in [2.75, 3.05) is 47.3 Å². The zero-order chi connectivity index (χ0) is 49.2. The van der Waals surface area contributed by atoms with Crippen molar-refractivity contribution in [3.8, 4) is 17.2 Å². The Morgan fingerprint density at radius 2 is 1.24 bits per heavy atom. The van der Waals surface area contributed by atoms with E-state index in [9.17, 15) is 28.8 Å². The minimum atomic E-state index is -2.09. The van der Waals surface area contributed by atoms with Crippen molar-refractivity contribution >= 4 is 141 Å². The van der Waals surface area contributed by atoms with Crippen molar-refractivity contribution in [3.63, 3.8) is 0 Å². The number of methoxy groups -OCH3 is 2. The highest BCUT2D eigenvalue weighted by molar-refractivity contribution is 6.68. The zero-order valence-electron chi connectivity index (χ0n) is 34.4. The fraction of sp³-hybridized carbons (Fsp3) is 0.538. The first-order chi connectivity index (χ1) is 31.4. The second-order valence-electron chi connectivity index (χ2n) is 14.7. The summed E-state index contributed by atoms with van der Waals surface area (Å²) in [7, 11) is 2.51. The molecular formula is C39H35Cl9O19. The third-order valence-corrected chi connectivity index (χ3v) is 11.3. The summed E-state index contributed by atoms with van der Waals surface area (Å²) >= 11 is 52.0. The SMILES string of the molecule is COc1cc([C@@H]2c3cc(C=O)c(C=O)cc3[C@@H](O[C@@H]3O[C@@H]4COC(C)O[C@H]4[C@H](OC(=O)OCC(Cl)(Cl)Cl)[C@H]3OC(=O)OCC(Cl)(Cl)Cl)[C@H]3COC(=O)[C@@H]23)cc(OC)c1OC(=O)OCC(Cl)(Cl)Cl. The summed E-state index contributed by atoms with van der Waals surface area (Å²) in [5, 5.41) is 0. The molecule has 19 nitrogen and oxygen atoms in total. The maximum atomic E-state index is 14.0. The number of cyclic esters (lactones) is 1. The van der Waals surface area contributed by atoms with E-state index >= 15 is 0 Å². The van der Waals surface area contributed by atoms with Gasteiger partial charge in [0.2, 0.25) is 17.1 Å². The van der Waals surface area contributed by atoms with Crippen molar-refractivity contribution in [2.24, 2.45) is 11.8 Å². The van der Waals surface area contributed by atoms with Crippen LogP contribution >= 0.6 is 104 Å². The number of rotatable bonds is 13. The number of esters is 1. The van der Waals surface area contributed by atoms with Crippen molar-refractivity contribution in [1.82, 2.24) is 0 Å². The molecule has 3 saturated heterocycles. The number of aldehydes is 2. The predicted octanol–water partition coefficient (Wildman–Crippen LogP) is 8.48. The number of carbonyl (C=O) groups excluding carboxylic acids is 6. The number of halogens is 9. The molecule has 0 aromatic heterocycles. The van der Waals surface area contributed by atoms with Gasteiger partial charge in [0.05, 0.1) is 39.5 Å². The Morgan fingerprint density at radius 3 is 1.76 bits per heavy atom. The van der Waals surface area contributed by atoms with E-state index in [1.54, 1.807) is 0 Å². The molecule has 3 aliphatic heterocycles. The summed E-state index contributed by atoms with van der Waals surface area (Å²) in [6, 6.07) is 5.60. The average Bonchev–Trinajstić information content (AvgIpc) is 3.64.